The van der Waals surface area contributed by atoms with Crippen LogP contribution in [0.5, 0.6) is 0 Å². The Morgan fingerprint density at radius 1 is 1.47 bits per heavy atom. The summed E-state index contributed by atoms with van der Waals surface area (Å²) >= 11 is 5.88. The maximum atomic E-state index is 13.6. The highest BCUT2D eigenvalue weighted by Crippen LogP contribution is 2.20. The zero-order valence-electron chi connectivity index (χ0n) is 10.3. The van der Waals surface area contributed by atoms with Crippen molar-refractivity contribution in [3.63, 3.8) is 0 Å². The van der Waals surface area contributed by atoms with Gasteiger partial charge in [0, 0.05) is 23.7 Å². The summed E-state index contributed by atoms with van der Waals surface area (Å²) in [6.45, 7) is 1.07. The summed E-state index contributed by atoms with van der Waals surface area (Å²) in [5.41, 5.74) is 0.179. The molecule has 2 amide bonds. The van der Waals surface area contributed by atoms with Crippen molar-refractivity contribution in [2.75, 3.05) is 19.6 Å². The van der Waals surface area contributed by atoms with E-state index in [1.54, 1.807) is 6.07 Å². The van der Waals surface area contributed by atoms with Gasteiger partial charge in [0.1, 0.15) is 5.82 Å². The Morgan fingerprint density at radius 2 is 2.26 bits per heavy atom. The molecule has 1 aliphatic heterocycles. The minimum absolute atomic E-state index is 0.0188. The average Bonchev–Trinajstić information content (AvgIpc) is 2.58. The third kappa shape index (κ3) is 3.44. The first kappa shape index (κ1) is 13.8. The van der Waals surface area contributed by atoms with Crippen molar-refractivity contribution < 1.29 is 14.0 Å². The highest BCUT2D eigenvalue weighted by molar-refractivity contribution is 6.31. The third-order valence-corrected chi connectivity index (χ3v) is 3.36. The molecule has 4 nitrogen and oxygen atoms in total. The van der Waals surface area contributed by atoms with Gasteiger partial charge in [-0.2, -0.15) is 0 Å². The second-order valence-corrected chi connectivity index (χ2v) is 4.80. The fourth-order valence-electron chi connectivity index (χ4n) is 1.98. The number of rotatable bonds is 2. The molecule has 0 radical (unpaired) electrons. The van der Waals surface area contributed by atoms with Crippen LogP contribution in [0.25, 0.3) is 0 Å². The highest BCUT2D eigenvalue weighted by Gasteiger charge is 2.21. The highest BCUT2D eigenvalue weighted by atomic mass is 35.5. The number of carbonyl (C=O) groups excluding carboxylic acids is 2. The first-order valence-electron chi connectivity index (χ1n) is 6.05. The number of hydrogen-bond acceptors (Lipinski definition) is 2. The van der Waals surface area contributed by atoms with Crippen molar-refractivity contribution in [3.8, 4) is 0 Å². The minimum atomic E-state index is -0.500. The Labute approximate surface area is 115 Å². The van der Waals surface area contributed by atoms with E-state index in [4.69, 9.17) is 11.6 Å². The molecular formula is C13H14ClFN2O2. The second kappa shape index (κ2) is 6.02. The van der Waals surface area contributed by atoms with Crippen LogP contribution < -0.4 is 5.32 Å². The largest absolute Gasteiger partial charge is 0.354 e. The van der Waals surface area contributed by atoms with Gasteiger partial charge < -0.3 is 10.2 Å². The van der Waals surface area contributed by atoms with Gasteiger partial charge in [-0.1, -0.05) is 17.7 Å². The number of benzene rings is 1. The monoisotopic (exact) mass is 284 g/mol. The molecule has 1 saturated heterocycles. The molecule has 1 aliphatic rings. The van der Waals surface area contributed by atoms with Crippen LogP contribution in [0.1, 0.15) is 12.0 Å². The van der Waals surface area contributed by atoms with E-state index >= 15 is 0 Å². The predicted molar refractivity (Wildman–Crippen MR) is 69.3 cm³/mol. The van der Waals surface area contributed by atoms with Crippen LogP contribution in [0.15, 0.2) is 18.2 Å². The SMILES string of the molecule is O=C1CN(C(=O)Cc2c(F)cccc2Cl)CCCN1. The van der Waals surface area contributed by atoms with E-state index in [1.807, 2.05) is 0 Å². The van der Waals surface area contributed by atoms with Gasteiger partial charge in [0.15, 0.2) is 0 Å². The molecule has 1 fully saturated rings. The first-order chi connectivity index (χ1) is 9.08. The molecule has 0 spiro atoms. The Morgan fingerprint density at radius 3 is 3.00 bits per heavy atom. The Balaban J connectivity index is 2.10. The predicted octanol–water partition coefficient (Wildman–Crippen LogP) is 1.37. The molecule has 0 aliphatic carbocycles. The Kier molecular flexibility index (Phi) is 4.37. The molecule has 0 atom stereocenters. The lowest BCUT2D eigenvalue weighted by atomic mass is 10.1. The van der Waals surface area contributed by atoms with Gasteiger partial charge in [-0.05, 0) is 18.6 Å². The van der Waals surface area contributed by atoms with E-state index in [2.05, 4.69) is 5.32 Å². The van der Waals surface area contributed by atoms with E-state index in [9.17, 15) is 14.0 Å². The van der Waals surface area contributed by atoms with Gasteiger partial charge in [-0.25, -0.2) is 4.39 Å². The van der Waals surface area contributed by atoms with Gasteiger partial charge in [-0.15, -0.1) is 0 Å². The van der Waals surface area contributed by atoms with Gasteiger partial charge in [0.05, 0.1) is 13.0 Å². The standard InChI is InChI=1S/C13H14ClFN2O2/c14-10-3-1-4-11(15)9(10)7-13(19)17-6-2-5-16-12(18)8-17/h1,3-4H,2,5-8H2,(H,16,18). The summed E-state index contributed by atoms with van der Waals surface area (Å²) in [6.07, 6.45) is 0.571. The third-order valence-electron chi connectivity index (χ3n) is 3.00. The van der Waals surface area contributed by atoms with Crippen LogP contribution in [0.4, 0.5) is 4.39 Å². The molecule has 2 rings (SSSR count). The van der Waals surface area contributed by atoms with Gasteiger partial charge >= 0.3 is 0 Å². The number of nitrogens with one attached hydrogen (secondary N) is 1. The number of amides is 2. The maximum Gasteiger partial charge on any atom is 0.239 e. The number of carbonyl (C=O) groups is 2. The fourth-order valence-corrected chi connectivity index (χ4v) is 2.21. The summed E-state index contributed by atoms with van der Waals surface area (Å²) < 4.78 is 13.6. The van der Waals surface area contributed by atoms with Crippen molar-refractivity contribution in [3.05, 3.63) is 34.6 Å². The molecule has 0 saturated carbocycles. The molecule has 102 valence electrons. The lowest BCUT2D eigenvalue weighted by Gasteiger charge is -2.19. The molecule has 0 bridgehead atoms. The van der Waals surface area contributed by atoms with Crippen molar-refractivity contribution in [1.82, 2.24) is 10.2 Å². The normalized spacial score (nSPS) is 15.9. The van der Waals surface area contributed by atoms with Crippen molar-refractivity contribution in [2.24, 2.45) is 0 Å². The summed E-state index contributed by atoms with van der Waals surface area (Å²) in [5, 5.41) is 2.91. The molecule has 1 N–H and O–H groups in total. The molecular weight excluding hydrogens is 271 g/mol. The molecule has 6 heteroatoms. The molecule has 0 aromatic heterocycles. The van der Waals surface area contributed by atoms with Crippen LogP contribution in [-0.2, 0) is 16.0 Å². The fraction of sp³-hybridized carbons (Fsp3) is 0.385. The van der Waals surface area contributed by atoms with Crippen molar-refractivity contribution >= 4 is 23.4 Å². The summed E-state index contributed by atoms with van der Waals surface area (Å²) in [4.78, 5) is 24.9. The molecule has 19 heavy (non-hydrogen) atoms. The van der Waals surface area contributed by atoms with Crippen LogP contribution in [0, 0.1) is 5.82 Å². The van der Waals surface area contributed by atoms with E-state index < -0.39 is 5.82 Å². The quantitative estimate of drug-likeness (QED) is 0.892. The van der Waals surface area contributed by atoms with Crippen molar-refractivity contribution in [2.45, 2.75) is 12.8 Å². The molecule has 1 aromatic rings. The molecule has 0 unspecified atom stereocenters. The van der Waals surface area contributed by atoms with Crippen LogP contribution in [0.3, 0.4) is 0 Å². The van der Waals surface area contributed by atoms with Crippen LogP contribution in [-0.4, -0.2) is 36.3 Å². The second-order valence-electron chi connectivity index (χ2n) is 4.40. The lowest BCUT2D eigenvalue weighted by molar-refractivity contribution is -0.134. The Bertz CT molecular complexity index is 487. The minimum Gasteiger partial charge on any atom is -0.354 e. The Hall–Kier alpha value is -1.62. The number of nitrogens with zero attached hydrogens (tertiary/aromatic N) is 1. The summed E-state index contributed by atoms with van der Waals surface area (Å²) in [6, 6.07) is 4.30. The van der Waals surface area contributed by atoms with E-state index in [0.717, 1.165) is 0 Å². The van der Waals surface area contributed by atoms with E-state index in [0.29, 0.717) is 19.5 Å². The smallest absolute Gasteiger partial charge is 0.239 e. The number of halogens is 2. The van der Waals surface area contributed by atoms with Crippen molar-refractivity contribution in [1.29, 1.82) is 0 Å². The van der Waals surface area contributed by atoms with Crippen LogP contribution >= 0.6 is 11.6 Å². The zero-order valence-corrected chi connectivity index (χ0v) is 11.0. The van der Waals surface area contributed by atoms with Gasteiger partial charge in [0.25, 0.3) is 0 Å². The maximum absolute atomic E-state index is 13.6. The topological polar surface area (TPSA) is 49.4 Å². The first-order valence-corrected chi connectivity index (χ1v) is 6.43. The molecule has 1 heterocycles. The van der Waals surface area contributed by atoms with E-state index in [1.165, 1.54) is 17.0 Å². The lowest BCUT2D eigenvalue weighted by Crippen LogP contribution is -2.38. The average molecular weight is 285 g/mol. The van der Waals surface area contributed by atoms with E-state index in [-0.39, 0.29) is 35.4 Å². The van der Waals surface area contributed by atoms with Gasteiger partial charge in [0.2, 0.25) is 11.8 Å². The summed E-state index contributed by atoms with van der Waals surface area (Å²) in [5.74, 6) is -0.977. The molecule has 1 aromatic carbocycles. The summed E-state index contributed by atoms with van der Waals surface area (Å²) in [7, 11) is 0. The van der Waals surface area contributed by atoms with Crippen LogP contribution in [0.2, 0.25) is 5.02 Å². The van der Waals surface area contributed by atoms with Gasteiger partial charge in [-0.3, -0.25) is 9.59 Å². The number of hydrogen-bond donors (Lipinski definition) is 1. The zero-order chi connectivity index (χ0) is 13.8.